The summed E-state index contributed by atoms with van der Waals surface area (Å²) in [7, 11) is 0. The van der Waals surface area contributed by atoms with Crippen molar-refractivity contribution in [1.82, 2.24) is 20.2 Å². The highest BCUT2D eigenvalue weighted by Crippen LogP contribution is 2.39. The van der Waals surface area contributed by atoms with Gasteiger partial charge >= 0.3 is 0 Å². The van der Waals surface area contributed by atoms with Gasteiger partial charge < -0.3 is 0 Å². The molecule has 0 radical (unpaired) electrons. The van der Waals surface area contributed by atoms with E-state index in [1.165, 1.54) is 36.9 Å². The number of nitrogens with zero attached hydrogens (tertiary/aromatic N) is 3. The van der Waals surface area contributed by atoms with Gasteiger partial charge in [-0.3, -0.25) is 14.9 Å². The summed E-state index contributed by atoms with van der Waals surface area (Å²) in [6, 6.07) is 7.32. The van der Waals surface area contributed by atoms with Crippen molar-refractivity contribution < 1.29 is 9.18 Å². The van der Waals surface area contributed by atoms with Crippen molar-refractivity contribution >= 4 is 5.91 Å². The van der Waals surface area contributed by atoms with Crippen LogP contribution in [-0.4, -0.2) is 33.8 Å². The molecule has 1 saturated carbocycles. The Bertz CT molecular complexity index is 942. The van der Waals surface area contributed by atoms with E-state index >= 15 is 0 Å². The van der Waals surface area contributed by atoms with E-state index in [0.717, 1.165) is 76.4 Å². The van der Waals surface area contributed by atoms with Crippen LogP contribution in [-0.2, 0) is 12.8 Å². The molecule has 2 heterocycles. The average Bonchev–Trinajstić information content (AvgIpc) is 3.11. The zero-order chi connectivity index (χ0) is 22.6. The van der Waals surface area contributed by atoms with Crippen LogP contribution in [0.5, 0.6) is 0 Å². The van der Waals surface area contributed by atoms with Crippen LogP contribution in [0.15, 0.2) is 24.3 Å². The molecule has 1 saturated heterocycles. The lowest BCUT2D eigenvalue weighted by Gasteiger charge is -2.27. The minimum atomic E-state index is -0.191. The lowest BCUT2D eigenvalue weighted by molar-refractivity contribution is 0.0742. The van der Waals surface area contributed by atoms with Crippen LogP contribution in [0.25, 0.3) is 0 Å². The van der Waals surface area contributed by atoms with Gasteiger partial charge in [-0.05, 0) is 69.1 Å². The number of rotatable bonds is 5. The first-order valence-electron chi connectivity index (χ1n) is 13.1. The number of amides is 1. The van der Waals surface area contributed by atoms with E-state index in [9.17, 15) is 9.18 Å². The molecule has 2 aliphatic carbocycles. The molecule has 2 aromatic rings. The third kappa shape index (κ3) is 5.16. The van der Waals surface area contributed by atoms with Crippen LogP contribution in [0, 0.1) is 5.82 Å². The minimum Gasteiger partial charge on any atom is -0.283 e. The number of hydrogen-bond acceptors (Lipinski definition) is 3. The Kier molecular flexibility index (Phi) is 7.10. The van der Waals surface area contributed by atoms with Crippen molar-refractivity contribution in [2.24, 2.45) is 0 Å². The molecule has 33 heavy (non-hydrogen) atoms. The molecule has 5 rings (SSSR count). The second-order valence-electron chi connectivity index (χ2n) is 10.2. The molecular formula is C27H37FN4O. The van der Waals surface area contributed by atoms with E-state index in [1.54, 1.807) is 12.1 Å². The van der Waals surface area contributed by atoms with Crippen LogP contribution in [0.4, 0.5) is 4.39 Å². The van der Waals surface area contributed by atoms with Gasteiger partial charge in [-0.25, -0.2) is 9.40 Å². The first-order chi connectivity index (χ1) is 16.2. The van der Waals surface area contributed by atoms with Crippen LogP contribution in [0.1, 0.15) is 110 Å². The highest BCUT2D eigenvalue weighted by Gasteiger charge is 2.33. The van der Waals surface area contributed by atoms with E-state index in [-0.39, 0.29) is 11.7 Å². The van der Waals surface area contributed by atoms with Crippen molar-refractivity contribution in [2.75, 3.05) is 13.1 Å². The van der Waals surface area contributed by atoms with Gasteiger partial charge in [0.05, 0.1) is 6.04 Å². The van der Waals surface area contributed by atoms with Gasteiger partial charge in [-0.2, -0.15) is 5.10 Å². The number of fused-ring (bicyclic) bond motifs is 1. The molecule has 178 valence electrons. The lowest BCUT2D eigenvalue weighted by Crippen LogP contribution is -2.45. The summed E-state index contributed by atoms with van der Waals surface area (Å²) in [5.74, 6) is 0.0910. The minimum absolute atomic E-state index is 0.0369. The predicted molar refractivity (Wildman–Crippen MR) is 128 cm³/mol. The summed E-state index contributed by atoms with van der Waals surface area (Å²) in [6.07, 6.45) is 14.7. The topological polar surface area (TPSA) is 50.2 Å². The second kappa shape index (κ2) is 10.4. The number of benzene rings is 1. The molecule has 1 aromatic carbocycles. The third-order valence-electron chi connectivity index (χ3n) is 7.81. The van der Waals surface area contributed by atoms with Crippen molar-refractivity contribution in [3.8, 4) is 0 Å². The van der Waals surface area contributed by atoms with Crippen LogP contribution in [0.3, 0.4) is 0 Å². The fraction of sp³-hybridized carbons (Fsp3) is 0.630. The van der Waals surface area contributed by atoms with Crippen molar-refractivity contribution in [1.29, 1.82) is 0 Å². The summed E-state index contributed by atoms with van der Waals surface area (Å²) < 4.78 is 15.8. The molecule has 0 bridgehead atoms. The molecule has 2 fully saturated rings. The number of halogens is 1. The molecule has 5 nitrogen and oxygen atoms in total. The third-order valence-corrected chi connectivity index (χ3v) is 7.81. The van der Waals surface area contributed by atoms with Crippen LogP contribution < -0.4 is 5.43 Å². The lowest BCUT2D eigenvalue weighted by atomic mass is 9.89. The molecule has 0 spiro atoms. The normalized spacial score (nSPS) is 22.5. The number of nitrogens with one attached hydrogen (secondary N) is 1. The van der Waals surface area contributed by atoms with Crippen molar-refractivity contribution in [3.63, 3.8) is 0 Å². The summed E-state index contributed by atoms with van der Waals surface area (Å²) in [6.45, 7) is 1.84. The maximum atomic E-state index is 13.5. The van der Waals surface area contributed by atoms with E-state index in [2.05, 4.69) is 15.1 Å². The second-order valence-corrected chi connectivity index (χ2v) is 10.2. The van der Waals surface area contributed by atoms with Gasteiger partial charge in [0.1, 0.15) is 5.82 Å². The summed E-state index contributed by atoms with van der Waals surface area (Å²) in [4.78, 5) is 13.4. The Morgan fingerprint density at radius 2 is 1.64 bits per heavy atom. The quantitative estimate of drug-likeness (QED) is 0.591. The molecule has 6 heteroatoms. The molecule has 1 unspecified atom stereocenters. The highest BCUT2D eigenvalue weighted by atomic mass is 19.1. The molecule has 1 aromatic heterocycles. The van der Waals surface area contributed by atoms with Gasteiger partial charge in [0, 0.05) is 30.3 Å². The Morgan fingerprint density at radius 3 is 2.39 bits per heavy atom. The zero-order valence-corrected chi connectivity index (χ0v) is 19.7. The van der Waals surface area contributed by atoms with Crippen molar-refractivity contribution in [3.05, 3.63) is 52.6 Å². The molecule has 1 atom stereocenters. The Hall–Kier alpha value is -2.21. The number of carbonyl (C=O) groups excluding carboxylic acids is 1. The monoisotopic (exact) mass is 452 g/mol. The van der Waals surface area contributed by atoms with E-state index in [1.807, 2.05) is 12.1 Å². The van der Waals surface area contributed by atoms with E-state index in [4.69, 9.17) is 5.10 Å². The molecule has 1 aliphatic heterocycles. The zero-order valence-electron chi connectivity index (χ0n) is 19.7. The maximum absolute atomic E-state index is 13.5. The maximum Gasteiger partial charge on any atom is 0.286 e. The highest BCUT2D eigenvalue weighted by molar-refractivity contribution is 5.93. The van der Waals surface area contributed by atoms with Crippen molar-refractivity contribution in [2.45, 2.75) is 95.4 Å². The van der Waals surface area contributed by atoms with Gasteiger partial charge in [0.2, 0.25) is 0 Å². The standard InChI is InChI=1S/C27H37FN4O/c28-22-15-13-20(14-16-22)19-21-9-5-6-12-24-25(27(33)30-31-17-7-2-8-18-31)29-32(26(21)24)23-10-3-1-4-11-23/h13-16,21,23H,1-12,17-19H2,(H,30,33). The number of carbonyl (C=O) groups is 1. The molecule has 1 amide bonds. The van der Waals surface area contributed by atoms with E-state index in [0.29, 0.717) is 17.7 Å². The Balaban J connectivity index is 1.49. The predicted octanol–water partition coefficient (Wildman–Crippen LogP) is 5.71. The molecule has 1 N–H and O–H groups in total. The van der Waals surface area contributed by atoms with Gasteiger partial charge in [-0.1, -0.05) is 44.2 Å². The number of hydrogen-bond donors (Lipinski definition) is 1. The number of hydrazine groups is 1. The van der Waals surface area contributed by atoms with Gasteiger partial charge in [0.25, 0.3) is 5.91 Å². The van der Waals surface area contributed by atoms with E-state index < -0.39 is 0 Å². The fourth-order valence-electron chi connectivity index (χ4n) is 6.08. The number of aromatic nitrogens is 2. The Morgan fingerprint density at radius 1 is 0.939 bits per heavy atom. The van der Waals surface area contributed by atoms with Crippen LogP contribution >= 0.6 is 0 Å². The Labute approximate surface area is 196 Å². The first kappa shape index (κ1) is 22.6. The van der Waals surface area contributed by atoms with Crippen LogP contribution in [0.2, 0.25) is 0 Å². The molecular weight excluding hydrogens is 415 g/mol. The smallest absolute Gasteiger partial charge is 0.283 e. The fourth-order valence-corrected chi connectivity index (χ4v) is 6.08. The summed E-state index contributed by atoms with van der Waals surface area (Å²) >= 11 is 0. The SMILES string of the molecule is O=C(NN1CCCCC1)c1nn(C2CCCCC2)c2c1CCCCC2Cc1ccc(F)cc1. The number of piperidine rings is 1. The summed E-state index contributed by atoms with van der Waals surface area (Å²) in [5, 5.41) is 7.12. The average molecular weight is 453 g/mol. The largest absolute Gasteiger partial charge is 0.286 e. The molecule has 3 aliphatic rings. The first-order valence-corrected chi connectivity index (χ1v) is 13.1. The van der Waals surface area contributed by atoms with Gasteiger partial charge in [0.15, 0.2) is 5.69 Å². The van der Waals surface area contributed by atoms with Gasteiger partial charge in [-0.15, -0.1) is 0 Å². The summed E-state index contributed by atoms with van der Waals surface area (Å²) in [5.41, 5.74) is 7.42.